The Labute approximate surface area is 242 Å². The van der Waals surface area contributed by atoms with Crippen LogP contribution in [0.15, 0.2) is 0 Å². The standard InChI is InChI=1S/C29H66O5Si4/c1-26(2,3)35(13,14)30-21-22-23(32-36(15,16)27(4,5)6)24(33-37(17,18)28(7,8)9)25(31-22)34-38(19,20)29(10,11)12/h22-25H,21H2,1-20H3/t22-,23-,24-,25?/m1/s1. The maximum absolute atomic E-state index is 7.21. The second-order valence-electron chi connectivity index (χ2n) is 17.7. The van der Waals surface area contributed by atoms with E-state index in [0.29, 0.717) is 6.61 Å². The molecular formula is C29H66O5Si4. The zero-order valence-corrected chi connectivity index (χ0v) is 33.1. The summed E-state index contributed by atoms with van der Waals surface area (Å²) >= 11 is 0. The van der Waals surface area contributed by atoms with E-state index in [0.717, 1.165) is 0 Å². The summed E-state index contributed by atoms with van der Waals surface area (Å²) < 4.78 is 35.0. The summed E-state index contributed by atoms with van der Waals surface area (Å²) in [5.41, 5.74) is 0. The molecule has 0 radical (unpaired) electrons. The molecule has 5 nitrogen and oxygen atoms in total. The number of ether oxygens (including phenoxy) is 1. The van der Waals surface area contributed by atoms with Gasteiger partial charge in [0, 0.05) is 0 Å². The summed E-state index contributed by atoms with van der Waals surface area (Å²) in [4.78, 5) is 0. The molecule has 1 saturated heterocycles. The lowest BCUT2D eigenvalue weighted by molar-refractivity contribution is -0.120. The van der Waals surface area contributed by atoms with Crippen molar-refractivity contribution < 1.29 is 22.4 Å². The average molecular weight is 607 g/mol. The third-order valence-corrected chi connectivity index (χ3v) is 28.3. The molecule has 1 fully saturated rings. The molecule has 0 aromatic rings. The molecule has 0 amide bonds. The highest BCUT2D eigenvalue weighted by atomic mass is 28.4. The minimum Gasteiger partial charge on any atom is -0.414 e. The Balaban J connectivity index is 3.61. The van der Waals surface area contributed by atoms with Gasteiger partial charge in [0.25, 0.3) is 0 Å². The van der Waals surface area contributed by atoms with Crippen LogP contribution in [0.25, 0.3) is 0 Å². The molecule has 0 aliphatic carbocycles. The van der Waals surface area contributed by atoms with Crippen LogP contribution < -0.4 is 0 Å². The number of hydrogen-bond acceptors (Lipinski definition) is 5. The van der Waals surface area contributed by atoms with Gasteiger partial charge in [-0.1, -0.05) is 83.1 Å². The maximum atomic E-state index is 7.21. The van der Waals surface area contributed by atoms with Crippen molar-refractivity contribution in [1.29, 1.82) is 0 Å². The summed E-state index contributed by atoms with van der Waals surface area (Å²) in [5.74, 6) is 0. The molecule has 1 aliphatic heterocycles. The Hall–Kier alpha value is 0.668. The summed E-state index contributed by atoms with van der Waals surface area (Å²) in [6.45, 7) is 46.4. The average Bonchev–Trinajstić information content (AvgIpc) is 2.91. The van der Waals surface area contributed by atoms with E-state index in [2.05, 4.69) is 135 Å². The molecule has 4 atom stereocenters. The molecule has 1 heterocycles. The van der Waals surface area contributed by atoms with Crippen molar-refractivity contribution in [2.45, 2.75) is 180 Å². The molecule has 0 aromatic heterocycles. The van der Waals surface area contributed by atoms with Gasteiger partial charge < -0.3 is 22.4 Å². The fraction of sp³-hybridized carbons (Fsp3) is 1.00. The number of hydrogen-bond donors (Lipinski definition) is 0. The maximum Gasteiger partial charge on any atom is 0.195 e. The van der Waals surface area contributed by atoms with Crippen LogP contribution in [0.2, 0.25) is 72.5 Å². The van der Waals surface area contributed by atoms with Gasteiger partial charge in [0.1, 0.15) is 18.3 Å². The van der Waals surface area contributed by atoms with Gasteiger partial charge in [0.15, 0.2) is 39.6 Å². The van der Waals surface area contributed by atoms with Crippen LogP contribution in [0.4, 0.5) is 0 Å². The SMILES string of the molecule is CC(C)(C)[Si](C)(C)OC[C@H]1OC(O[Si](C)(C)C(C)(C)C)[C@H](O[Si](C)(C)C(C)(C)C)[C@@H]1O[Si](C)(C)C(C)(C)C. The van der Waals surface area contributed by atoms with Gasteiger partial charge in [-0.05, 0) is 72.5 Å². The van der Waals surface area contributed by atoms with Crippen molar-refractivity contribution >= 4 is 33.3 Å². The molecule has 0 saturated carbocycles. The van der Waals surface area contributed by atoms with Crippen LogP contribution in [0.5, 0.6) is 0 Å². The Kier molecular flexibility index (Phi) is 11.0. The predicted octanol–water partition coefficient (Wildman–Crippen LogP) is 9.54. The van der Waals surface area contributed by atoms with Crippen molar-refractivity contribution in [3.63, 3.8) is 0 Å². The molecule has 0 bridgehead atoms. The molecule has 1 rings (SSSR count). The van der Waals surface area contributed by atoms with Crippen molar-refractivity contribution in [1.82, 2.24) is 0 Å². The predicted molar refractivity (Wildman–Crippen MR) is 174 cm³/mol. The van der Waals surface area contributed by atoms with Gasteiger partial charge in [-0.2, -0.15) is 0 Å². The first-order valence-corrected chi connectivity index (χ1v) is 26.3. The zero-order chi connectivity index (χ0) is 30.6. The van der Waals surface area contributed by atoms with Gasteiger partial charge in [0.05, 0.1) is 6.61 Å². The fourth-order valence-electron chi connectivity index (χ4n) is 3.20. The lowest BCUT2D eigenvalue weighted by atomic mass is 10.1. The molecule has 228 valence electrons. The van der Waals surface area contributed by atoms with Gasteiger partial charge in [-0.25, -0.2) is 0 Å². The number of rotatable bonds is 9. The summed E-state index contributed by atoms with van der Waals surface area (Å²) in [6, 6.07) is 0. The third-order valence-electron chi connectivity index (χ3n) is 10.4. The van der Waals surface area contributed by atoms with Crippen molar-refractivity contribution in [3.05, 3.63) is 0 Å². The lowest BCUT2D eigenvalue weighted by Crippen LogP contribution is -2.56. The highest BCUT2D eigenvalue weighted by molar-refractivity contribution is 6.75. The molecule has 9 heteroatoms. The highest BCUT2D eigenvalue weighted by Gasteiger charge is 2.56. The molecule has 1 aliphatic rings. The minimum absolute atomic E-state index is 0.0589. The molecular weight excluding hydrogens is 541 g/mol. The van der Waals surface area contributed by atoms with Crippen LogP contribution in [0.1, 0.15) is 83.1 Å². The second kappa shape index (κ2) is 11.4. The molecule has 0 aromatic carbocycles. The summed E-state index contributed by atoms with van der Waals surface area (Å²) in [6.07, 6.45) is -1.22. The van der Waals surface area contributed by atoms with Crippen LogP contribution in [-0.2, 0) is 22.4 Å². The highest BCUT2D eigenvalue weighted by Crippen LogP contribution is 2.46. The Morgan fingerprint density at radius 1 is 0.474 bits per heavy atom. The van der Waals surface area contributed by atoms with E-state index in [1.54, 1.807) is 0 Å². The minimum atomic E-state index is -2.16. The van der Waals surface area contributed by atoms with E-state index >= 15 is 0 Å². The smallest absolute Gasteiger partial charge is 0.195 e. The Morgan fingerprint density at radius 3 is 1.13 bits per heavy atom. The van der Waals surface area contributed by atoms with Crippen molar-refractivity contribution in [3.8, 4) is 0 Å². The largest absolute Gasteiger partial charge is 0.414 e. The monoisotopic (exact) mass is 606 g/mol. The normalized spacial score (nSPS) is 25.3. The topological polar surface area (TPSA) is 46.2 Å². The van der Waals surface area contributed by atoms with Gasteiger partial charge in [0.2, 0.25) is 0 Å². The molecule has 0 N–H and O–H groups in total. The van der Waals surface area contributed by atoms with Crippen LogP contribution in [-0.4, -0.2) is 64.5 Å². The van der Waals surface area contributed by atoms with E-state index < -0.39 is 39.6 Å². The van der Waals surface area contributed by atoms with Crippen LogP contribution >= 0.6 is 0 Å². The molecule has 38 heavy (non-hydrogen) atoms. The third kappa shape index (κ3) is 8.60. The quantitative estimate of drug-likeness (QED) is 0.245. The Morgan fingerprint density at radius 2 is 0.789 bits per heavy atom. The van der Waals surface area contributed by atoms with E-state index in [4.69, 9.17) is 22.4 Å². The summed E-state index contributed by atoms with van der Waals surface area (Å²) in [5, 5.41) is 0.308. The van der Waals surface area contributed by atoms with Gasteiger partial charge in [-0.15, -0.1) is 0 Å². The lowest BCUT2D eigenvalue weighted by Gasteiger charge is -2.45. The first-order valence-electron chi connectivity index (χ1n) is 14.7. The van der Waals surface area contributed by atoms with E-state index in [1.165, 1.54) is 0 Å². The first-order chi connectivity index (χ1) is 16.4. The summed E-state index contributed by atoms with van der Waals surface area (Å²) in [7, 11) is -8.43. The Bertz CT molecular complexity index is 783. The van der Waals surface area contributed by atoms with E-state index in [1.807, 2.05) is 0 Å². The van der Waals surface area contributed by atoms with Crippen LogP contribution in [0, 0.1) is 0 Å². The van der Waals surface area contributed by atoms with Gasteiger partial charge >= 0.3 is 0 Å². The first kappa shape index (κ1) is 36.7. The second-order valence-corrected chi connectivity index (χ2v) is 36.8. The van der Waals surface area contributed by atoms with Crippen molar-refractivity contribution in [2.75, 3.05) is 6.61 Å². The molecule has 0 spiro atoms. The molecule has 1 unspecified atom stereocenters. The fourth-order valence-corrected chi connectivity index (χ4v) is 7.93. The van der Waals surface area contributed by atoms with E-state index in [9.17, 15) is 0 Å². The van der Waals surface area contributed by atoms with Gasteiger partial charge in [-0.3, -0.25) is 0 Å². The van der Waals surface area contributed by atoms with Crippen molar-refractivity contribution in [2.24, 2.45) is 0 Å². The van der Waals surface area contributed by atoms with Crippen LogP contribution in [0.3, 0.4) is 0 Å². The zero-order valence-electron chi connectivity index (χ0n) is 29.1. The van der Waals surface area contributed by atoms with E-state index in [-0.39, 0.29) is 38.5 Å².